The summed E-state index contributed by atoms with van der Waals surface area (Å²) < 4.78 is 12.9. The van der Waals surface area contributed by atoms with Crippen LogP contribution in [-0.2, 0) is 20.8 Å². The van der Waals surface area contributed by atoms with Gasteiger partial charge in [-0.25, -0.2) is 9.59 Å². The summed E-state index contributed by atoms with van der Waals surface area (Å²) in [6, 6.07) is 9.06. The van der Waals surface area contributed by atoms with Crippen molar-refractivity contribution in [2.75, 3.05) is 13.2 Å². The van der Waals surface area contributed by atoms with Crippen molar-refractivity contribution in [3.05, 3.63) is 50.7 Å². The first kappa shape index (κ1) is 24.9. The van der Waals surface area contributed by atoms with Gasteiger partial charge in [0.2, 0.25) is 0 Å². The molecule has 1 heterocycles. The number of hydrogen-bond acceptors (Lipinski definition) is 5. The molecule has 0 atom stereocenters. The average molecular weight is 560 g/mol. The van der Waals surface area contributed by atoms with Gasteiger partial charge in [-0.15, -0.1) is 0 Å². The van der Waals surface area contributed by atoms with Gasteiger partial charge in [0.15, 0.2) is 0 Å². The van der Waals surface area contributed by atoms with Gasteiger partial charge >= 0.3 is 18.0 Å². The summed E-state index contributed by atoms with van der Waals surface area (Å²) in [5.74, 6) is -1.81. The largest absolute Gasteiger partial charge is 0.478 e. The van der Waals surface area contributed by atoms with E-state index in [1.165, 1.54) is 0 Å². The Morgan fingerprint density at radius 1 is 1.13 bits per heavy atom. The number of para-hydroxylation sites is 1. The second kappa shape index (κ2) is 10.3. The second-order valence-electron chi connectivity index (χ2n) is 7.54. The molecule has 0 radical (unpaired) electrons. The zero-order chi connectivity index (χ0) is 23.3. The monoisotopic (exact) mass is 558 g/mol. The highest BCUT2D eigenvalue weighted by Gasteiger charge is 2.31. The molecular formula is C21H24Br2N2O6. The molecule has 0 aliphatic rings. The van der Waals surface area contributed by atoms with Crippen LogP contribution in [0.25, 0.3) is 5.69 Å². The van der Waals surface area contributed by atoms with Crippen molar-refractivity contribution in [2.45, 2.75) is 39.8 Å². The molecule has 1 N–H and O–H groups in total. The summed E-state index contributed by atoms with van der Waals surface area (Å²) in [7, 11) is 0. The Hall–Kier alpha value is -2.33. The molecule has 0 aliphatic heterocycles. The normalized spacial score (nSPS) is 11.2. The Balaban J connectivity index is 2.58. The molecule has 0 bridgehead atoms. The molecule has 8 nitrogen and oxygen atoms in total. The molecule has 31 heavy (non-hydrogen) atoms. The van der Waals surface area contributed by atoms with Crippen LogP contribution >= 0.6 is 31.9 Å². The smallest absolute Gasteiger partial charge is 0.411 e. The Bertz CT molecular complexity index is 966. The van der Waals surface area contributed by atoms with Crippen LogP contribution in [0.2, 0.25) is 0 Å². The number of carboxylic acids is 1. The van der Waals surface area contributed by atoms with Gasteiger partial charge in [-0.2, -0.15) is 0 Å². The highest BCUT2D eigenvalue weighted by Crippen LogP contribution is 2.36. The Morgan fingerprint density at radius 3 is 2.26 bits per heavy atom. The first-order valence-electron chi connectivity index (χ1n) is 9.47. The number of rotatable bonds is 7. The van der Waals surface area contributed by atoms with Gasteiger partial charge in [-0.3, -0.25) is 9.69 Å². The fourth-order valence-electron chi connectivity index (χ4n) is 2.83. The standard InChI is InChI=1S/C21H24Br2N2O6/c1-5-30-15(26)12-24(20(29)31-21(2,3)4)11-14-16(19(27)28)17(22)18(23)25(14)13-9-7-6-8-10-13/h6-10H,5,11-12H2,1-4H3,(H,27,28). The SMILES string of the molecule is CCOC(=O)CN(Cc1c(C(=O)O)c(Br)c(Br)n1-c1ccccc1)C(=O)OC(C)(C)C. The third-order valence-corrected chi connectivity index (χ3v) is 6.06. The molecule has 0 aliphatic carbocycles. The van der Waals surface area contributed by atoms with Crippen molar-refractivity contribution in [3.63, 3.8) is 0 Å². The minimum atomic E-state index is -1.18. The molecule has 0 spiro atoms. The summed E-state index contributed by atoms with van der Waals surface area (Å²) in [6.45, 7) is 6.33. The minimum Gasteiger partial charge on any atom is -0.478 e. The van der Waals surface area contributed by atoms with Gasteiger partial charge in [0, 0.05) is 5.69 Å². The number of aromatic nitrogens is 1. The van der Waals surface area contributed by atoms with E-state index in [1.54, 1.807) is 44.4 Å². The van der Waals surface area contributed by atoms with Crippen LogP contribution in [0, 0.1) is 0 Å². The van der Waals surface area contributed by atoms with Crippen molar-refractivity contribution in [1.29, 1.82) is 0 Å². The summed E-state index contributed by atoms with van der Waals surface area (Å²) in [5, 5.41) is 9.84. The van der Waals surface area contributed by atoms with Crippen molar-refractivity contribution in [1.82, 2.24) is 9.47 Å². The van der Waals surface area contributed by atoms with Gasteiger partial charge in [-0.1, -0.05) is 18.2 Å². The molecule has 2 aromatic rings. The molecule has 168 valence electrons. The van der Waals surface area contributed by atoms with Crippen LogP contribution in [0.15, 0.2) is 39.4 Å². The van der Waals surface area contributed by atoms with Crippen molar-refractivity contribution >= 4 is 49.9 Å². The number of carboxylic acid groups (broad SMARTS) is 1. The van der Waals surface area contributed by atoms with Crippen LogP contribution in [-0.4, -0.2) is 51.4 Å². The number of amides is 1. The molecule has 0 saturated carbocycles. The molecule has 1 aromatic carbocycles. The number of ether oxygens (including phenoxy) is 2. The van der Waals surface area contributed by atoms with Crippen molar-refractivity contribution < 1.29 is 29.0 Å². The van der Waals surface area contributed by atoms with E-state index in [-0.39, 0.29) is 24.4 Å². The molecule has 0 fully saturated rings. The van der Waals surface area contributed by atoms with Crippen LogP contribution in [0.3, 0.4) is 0 Å². The zero-order valence-corrected chi connectivity index (χ0v) is 20.8. The predicted octanol–water partition coefficient (Wildman–Crippen LogP) is 5.00. The fourth-order valence-corrected chi connectivity index (χ4v) is 4.02. The quantitative estimate of drug-likeness (QED) is 0.479. The molecule has 1 amide bonds. The number of hydrogen-bond donors (Lipinski definition) is 1. The topological polar surface area (TPSA) is 98.1 Å². The summed E-state index contributed by atoms with van der Waals surface area (Å²) in [5.41, 5.74) is 0.126. The van der Waals surface area contributed by atoms with E-state index in [0.29, 0.717) is 14.8 Å². The number of carbonyl (C=O) groups is 3. The molecule has 2 rings (SSSR count). The van der Waals surface area contributed by atoms with E-state index in [9.17, 15) is 19.5 Å². The van der Waals surface area contributed by atoms with Gasteiger partial charge in [-0.05, 0) is 71.7 Å². The van der Waals surface area contributed by atoms with E-state index in [1.807, 2.05) is 18.2 Å². The lowest BCUT2D eigenvalue weighted by Gasteiger charge is -2.27. The molecular weight excluding hydrogens is 536 g/mol. The highest BCUT2D eigenvalue weighted by atomic mass is 79.9. The van der Waals surface area contributed by atoms with Crippen LogP contribution in [0.5, 0.6) is 0 Å². The maximum absolute atomic E-state index is 12.8. The fraction of sp³-hybridized carbons (Fsp3) is 0.381. The predicted molar refractivity (Wildman–Crippen MR) is 121 cm³/mol. The second-order valence-corrected chi connectivity index (χ2v) is 9.09. The third kappa shape index (κ3) is 6.33. The van der Waals surface area contributed by atoms with Crippen molar-refractivity contribution in [3.8, 4) is 5.69 Å². The maximum Gasteiger partial charge on any atom is 0.411 e. The van der Waals surface area contributed by atoms with Crippen LogP contribution in [0.4, 0.5) is 4.79 Å². The number of benzene rings is 1. The number of nitrogens with zero attached hydrogens (tertiary/aromatic N) is 2. The minimum absolute atomic E-state index is 0.0341. The van der Waals surface area contributed by atoms with Gasteiger partial charge in [0.05, 0.1) is 28.9 Å². The maximum atomic E-state index is 12.8. The number of aromatic carboxylic acids is 1. The van der Waals surface area contributed by atoms with E-state index >= 15 is 0 Å². The first-order valence-corrected chi connectivity index (χ1v) is 11.1. The van der Waals surface area contributed by atoms with Gasteiger partial charge in [0.25, 0.3) is 0 Å². The average Bonchev–Trinajstić information content (AvgIpc) is 2.91. The Morgan fingerprint density at radius 2 is 1.74 bits per heavy atom. The Kier molecular flexibility index (Phi) is 8.30. The van der Waals surface area contributed by atoms with Crippen molar-refractivity contribution in [2.24, 2.45) is 0 Å². The van der Waals surface area contributed by atoms with Gasteiger partial charge < -0.3 is 19.1 Å². The first-order chi connectivity index (χ1) is 14.5. The third-order valence-electron chi connectivity index (χ3n) is 4.00. The summed E-state index contributed by atoms with van der Waals surface area (Å²) in [4.78, 5) is 38.2. The molecule has 0 unspecified atom stereocenters. The molecule has 0 saturated heterocycles. The number of carbonyl (C=O) groups excluding carboxylic acids is 2. The van der Waals surface area contributed by atoms with Gasteiger partial charge in [0.1, 0.15) is 16.7 Å². The van der Waals surface area contributed by atoms with Crippen LogP contribution in [0.1, 0.15) is 43.7 Å². The molecule has 1 aromatic heterocycles. The highest BCUT2D eigenvalue weighted by molar-refractivity contribution is 9.13. The summed E-state index contributed by atoms with van der Waals surface area (Å²) in [6.07, 6.45) is -0.759. The Labute approximate surface area is 197 Å². The lowest BCUT2D eigenvalue weighted by Crippen LogP contribution is -2.40. The number of esters is 1. The lowest BCUT2D eigenvalue weighted by molar-refractivity contribution is -0.144. The summed E-state index contributed by atoms with van der Waals surface area (Å²) >= 11 is 6.76. The van der Waals surface area contributed by atoms with Crippen LogP contribution < -0.4 is 0 Å². The van der Waals surface area contributed by atoms with E-state index in [0.717, 1.165) is 4.90 Å². The van der Waals surface area contributed by atoms with E-state index in [2.05, 4.69) is 31.9 Å². The van der Waals surface area contributed by atoms with E-state index in [4.69, 9.17) is 9.47 Å². The lowest BCUT2D eigenvalue weighted by atomic mass is 10.2. The van der Waals surface area contributed by atoms with E-state index < -0.39 is 30.2 Å². The number of halogens is 2. The zero-order valence-electron chi connectivity index (χ0n) is 17.6. The molecule has 10 heteroatoms.